The molecule has 1 aliphatic heterocycles. The van der Waals surface area contributed by atoms with Crippen LogP contribution in [0.3, 0.4) is 0 Å². The molecule has 1 heterocycles. The molecule has 1 aromatic rings. The fourth-order valence-electron chi connectivity index (χ4n) is 1.77. The van der Waals surface area contributed by atoms with Gasteiger partial charge in [-0.05, 0) is 18.2 Å². The van der Waals surface area contributed by atoms with Crippen molar-refractivity contribution in [2.75, 3.05) is 10.3 Å². The Hall–Kier alpha value is -3.19. The molecule has 0 atom stereocenters. The van der Waals surface area contributed by atoms with Crippen LogP contribution in [0.5, 0.6) is 0 Å². The maximum absolute atomic E-state index is 11.6. The molecule has 7 heteroatoms. The number of nitrogens with one attached hydrogen (secondary N) is 1. The van der Waals surface area contributed by atoms with E-state index in [0.717, 1.165) is 4.90 Å². The average molecular weight is 267 g/mol. The van der Waals surface area contributed by atoms with Crippen LogP contribution in [-0.4, -0.2) is 17.5 Å². The molecule has 20 heavy (non-hydrogen) atoms. The molecule has 1 N–H and O–H groups in total. The van der Waals surface area contributed by atoms with E-state index in [-0.39, 0.29) is 30.4 Å². The van der Waals surface area contributed by atoms with Gasteiger partial charge in [0, 0.05) is 12.8 Å². The number of benzene rings is 1. The third-order valence-corrected chi connectivity index (χ3v) is 2.66. The van der Waals surface area contributed by atoms with Crippen LogP contribution in [0.4, 0.5) is 11.4 Å². The molecule has 0 radical (unpaired) electrons. The number of hydrogen-bond acceptors (Lipinski definition) is 6. The summed E-state index contributed by atoms with van der Waals surface area (Å²) < 4.78 is 0. The van der Waals surface area contributed by atoms with Crippen LogP contribution in [0.15, 0.2) is 29.4 Å². The number of carbonyl (C=O) groups excluding carboxylic acids is 2. The molecule has 0 unspecified atom stereocenters. The average Bonchev–Trinajstić information content (AvgIpc) is 2.79. The van der Waals surface area contributed by atoms with Gasteiger partial charge in [-0.25, -0.2) is 0 Å². The molecule has 1 aromatic carbocycles. The summed E-state index contributed by atoms with van der Waals surface area (Å²) in [7, 11) is 0. The highest BCUT2D eigenvalue weighted by Crippen LogP contribution is 2.25. The Morgan fingerprint density at radius 1 is 1.20 bits per heavy atom. The molecule has 0 saturated carbocycles. The van der Waals surface area contributed by atoms with Gasteiger partial charge in [-0.3, -0.25) is 19.9 Å². The SMILES string of the molecule is N#CC(C#N)=NNc1cccc(N2C(=O)CCC2=O)c1. The summed E-state index contributed by atoms with van der Waals surface area (Å²) in [6, 6.07) is 9.70. The Morgan fingerprint density at radius 3 is 2.45 bits per heavy atom. The first kappa shape index (κ1) is 13.2. The minimum absolute atomic E-state index is 0.210. The number of nitriles is 2. The first-order valence-corrected chi connectivity index (χ1v) is 5.75. The van der Waals surface area contributed by atoms with Gasteiger partial charge in [-0.1, -0.05) is 6.07 Å². The van der Waals surface area contributed by atoms with Crippen LogP contribution in [0.2, 0.25) is 0 Å². The highest BCUT2D eigenvalue weighted by atomic mass is 16.2. The zero-order valence-electron chi connectivity index (χ0n) is 10.3. The molecular weight excluding hydrogens is 258 g/mol. The molecular formula is C13H9N5O2. The van der Waals surface area contributed by atoms with E-state index in [1.54, 1.807) is 36.4 Å². The molecule has 0 bridgehead atoms. The van der Waals surface area contributed by atoms with Gasteiger partial charge < -0.3 is 0 Å². The molecule has 1 fully saturated rings. The van der Waals surface area contributed by atoms with Gasteiger partial charge in [0.05, 0.1) is 11.4 Å². The summed E-state index contributed by atoms with van der Waals surface area (Å²) in [6.45, 7) is 0. The zero-order valence-corrected chi connectivity index (χ0v) is 10.3. The molecule has 0 aliphatic carbocycles. The van der Waals surface area contributed by atoms with Crippen molar-refractivity contribution in [2.45, 2.75) is 12.8 Å². The minimum atomic E-state index is -0.316. The molecule has 0 aromatic heterocycles. The van der Waals surface area contributed by atoms with Gasteiger partial charge in [0.15, 0.2) is 0 Å². The molecule has 1 aliphatic rings. The van der Waals surface area contributed by atoms with Crippen LogP contribution in [0, 0.1) is 22.7 Å². The lowest BCUT2D eigenvalue weighted by molar-refractivity contribution is -0.121. The van der Waals surface area contributed by atoms with E-state index in [2.05, 4.69) is 10.5 Å². The predicted octanol–water partition coefficient (Wildman–Crippen LogP) is 1.16. The maximum atomic E-state index is 11.6. The second-order valence-electron chi connectivity index (χ2n) is 3.97. The summed E-state index contributed by atoms with van der Waals surface area (Å²) in [5.74, 6) is -0.490. The zero-order chi connectivity index (χ0) is 14.5. The van der Waals surface area contributed by atoms with Gasteiger partial charge in [-0.15, -0.1) is 0 Å². The van der Waals surface area contributed by atoms with Gasteiger partial charge in [0.2, 0.25) is 17.5 Å². The summed E-state index contributed by atoms with van der Waals surface area (Å²) in [6.07, 6.45) is 0.420. The van der Waals surface area contributed by atoms with E-state index in [0.29, 0.717) is 11.4 Å². The van der Waals surface area contributed by atoms with Crippen molar-refractivity contribution in [2.24, 2.45) is 5.10 Å². The maximum Gasteiger partial charge on any atom is 0.237 e. The van der Waals surface area contributed by atoms with Crippen molar-refractivity contribution in [3.63, 3.8) is 0 Å². The van der Waals surface area contributed by atoms with Crippen molar-refractivity contribution >= 4 is 28.9 Å². The number of hydrogen-bond donors (Lipinski definition) is 1. The first-order chi connectivity index (χ1) is 9.65. The Morgan fingerprint density at radius 2 is 1.85 bits per heavy atom. The van der Waals surface area contributed by atoms with Crippen molar-refractivity contribution in [3.05, 3.63) is 24.3 Å². The number of imide groups is 1. The second kappa shape index (κ2) is 5.63. The predicted molar refractivity (Wildman–Crippen MR) is 70.5 cm³/mol. The molecule has 2 rings (SSSR count). The van der Waals surface area contributed by atoms with E-state index in [9.17, 15) is 9.59 Å². The molecule has 0 spiro atoms. The normalized spacial score (nSPS) is 13.6. The quantitative estimate of drug-likeness (QED) is 0.502. The Labute approximate surface area is 114 Å². The number of anilines is 2. The molecule has 2 amide bonds. The van der Waals surface area contributed by atoms with E-state index in [4.69, 9.17) is 10.5 Å². The molecule has 98 valence electrons. The minimum Gasteiger partial charge on any atom is -0.276 e. The highest BCUT2D eigenvalue weighted by molar-refractivity contribution is 6.20. The summed E-state index contributed by atoms with van der Waals surface area (Å²) in [5, 5.41) is 20.7. The van der Waals surface area contributed by atoms with Crippen LogP contribution in [-0.2, 0) is 9.59 Å². The first-order valence-electron chi connectivity index (χ1n) is 5.75. The van der Waals surface area contributed by atoms with Crippen LogP contribution < -0.4 is 10.3 Å². The monoisotopic (exact) mass is 267 g/mol. The highest BCUT2D eigenvalue weighted by Gasteiger charge is 2.30. The van der Waals surface area contributed by atoms with Crippen LogP contribution in [0.25, 0.3) is 0 Å². The van der Waals surface area contributed by atoms with Gasteiger partial charge in [0.25, 0.3) is 0 Å². The second-order valence-corrected chi connectivity index (χ2v) is 3.97. The Balaban J connectivity index is 2.23. The summed E-state index contributed by atoms with van der Waals surface area (Å²) >= 11 is 0. The topological polar surface area (TPSA) is 109 Å². The Kier molecular flexibility index (Phi) is 3.73. The van der Waals surface area contributed by atoms with Crippen molar-refractivity contribution in [1.29, 1.82) is 10.5 Å². The van der Waals surface area contributed by atoms with Crippen molar-refractivity contribution in [1.82, 2.24) is 0 Å². The lowest BCUT2D eigenvalue weighted by atomic mass is 10.2. The summed E-state index contributed by atoms with van der Waals surface area (Å²) in [4.78, 5) is 24.4. The standard InChI is InChI=1S/C13H9N5O2/c14-7-10(8-15)17-16-9-2-1-3-11(6-9)18-12(19)4-5-13(18)20/h1-3,6,16H,4-5H2. The van der Waals surface area contributed by atoms with E-state index >= 15 is 0 Å². The van der Waals surface area contributed by atoms with Gasteiger partial charge in [-0.2, -0.15) is 15.6 Å². The third kappa shape index (κ3) is 2.62. The van der Waals surface area contributed by atoms with E-state index in [1.165, 1.54) is 0 Å². The van der Waals surface area contributed by atoms with Crippen LogP contribution in [0.1, 0.15) is 12.8 Å². The number of nitrogens with zero attached hydrogens (tertiary/aromatic N) is 4. The fourth-order valence-corrected chi connectivity index (χ4v) is 1.77. The van der Waals surface area contributed by atoms with Crippen molar-refractivity contribution in [3.8, 4) is 12.1 Å². The van der Waals surface area contributed by atoms with E-state index in [1.807, 2.05) is 0 Å². The number of amides is 2. The van der Waals surface area contributed by atoms with Crippen molar-refractivity contribution < 1.29 is 9.59 Å². The number of hydrazone groups is 1. The number of carbonyl (C=O) groups is 2. The smallest absolute Gasteiger partial charge is 0.237 e. The summed E-state index contributed by atoms with van der Waals surface area (Å²) in [5.41, 5.74) is 3.13. The molecule has 1 saturated heterocycles. The van der Waals surface area contributed by atoms with E-state index < -0.39 is 0 Å². The lowest BCUT2D eigenvalue weighted by Gasteiger charge is -2.14. The molecule has 7 nitrogen and oxygen atoms in total. The number of rotatable bonds is 3. The lowest BCUT2D eigenvalue weighted by Crippen LogP contribution is -2.28. The van der Waals surface area contributed by atoms with Gasteiger partial charge >= 0.3 is 0 Å². The van der Waals surface area contributed by atoms with Crippen LogP contribution >= 0.6 is 0 Å². The fraction of sp³-hybridized carbons (Fsp3) is 0.154. The Bertz CT molecular complexity index is 649. The largest absolute Gasteiger partial charge is 0.276 e. The third-order valence-electron chi connectivity index (χ3n) is 2.66. The van der Waals surface area contributed by atoms with Gasteiger partial charge in [0.1, 0.15) is 12.1 Å².